The zero-order chi connectivity index (χ0) is 20.8. The number of rotatable bonds is 2. The van der Waals surface area contributed by atoms with Crippen molar-refractivity contribution < 1.29 is 4.79 Å². The summed E-state index contributed by atoms with van der Waals surface area (Å²) in [5, 5.41) is 9.02. The van der Waals surface area contributed by atoms with Crippen molar-refractivity contribution in [3.05, 3.63) is 11.6 Å². The van der Waals surface area contributed by atoms with Crippen molar-refractivity contribution >= 4 is 34.8 Å². The Bertz CT molecular complexity index is 820. The summed E-state index contributed by atoms with van der Waals surface area (Å²) in [5.74, 6) is 2.11. The maximum absolute atomic E-state index is 11.0. The average molecular weight is 417 g/mol. The van der Waals surface area contributed by atoms with Crippen LogP contribution in [-0.4, -0.2) is 22.6 Å². The molecule has 5 atom stereocenters. The van der Waals surface area contributed by atoms with Crippen LogP contribution in [0.15, 0.2) is 21.9 Å². The number of urea groups is 1. The third-order valence-corrected chi connectivity index (χ3v) is 8.42. The molecule has 4 rings (SSSR count). The highest BCUT2D eigenvalue weighted by Crippen LogP contribution is 2.64. The van der Waals surface area contributed by atoms with E-state index < -0.39 is 6.03 Å². The van der Waals surface area contributed by atoms with Gasteiger partial charge in [-0.1, -0.05) is 19.4 Å². The molecule has 0 heterocycles. The molecule has 6 N–H and O–H groups in total. The number of allylic oxidation sites excluding steroid dienone is 2. The number of nitrogens with one attached hydrogen (secondary N) is 2. The largest absolute Gasteiger partial charge is 0.375 e. The highest BCUT2D eigenvalue weighted by molar-refractivity contribution is 7.80. The smallest absolute Gasteiger partial charge is 0.332 e. The number of primary amides is 1. The van der Waals surface area contributed by atoms with E-state index in [9.17, 15) is 4.79 Å². The number of fused-ring (bicyclic) bond motifs is 5. The van der Waals surface area contributed by atoms with Gasteiger partial charge < -0.3 is 11.5 Å². The monoisotopic (exact) mass is 416 g/mol. The van der Waals surface area contributed by atoms with Gasteiger partial charge in [0.1, 0.15) is 0 Å². The van der Waals surface area contributed by atoms with E-state index in [1.165, 1.54) is 37.0 Å². The van der Waals surface area contributed by atoms with E-state index in [0.717, 1.165) is 37.3 Å². The SMILES string of the molecule is C[C@]12CC/C(=N/NC(N)=O)C=C1CC[C@@H]1[C@H]3CC/C(=N\NC(N)=S)[C@@]3(C)CC[C@@H]12. The molecular weight excluding hydrogens is 384 g/mol. The van der Waals surface area contributed by atoms with Gasteiger partial charge in [0.2, 0.25) is 0 Å². The molecule has 29 heavy (non-hydrogen) atoms. The summed E-state index contributed by atoms with van der Waals surface area (Å²) in [4.78, 5) is 11.0. The Morgan fingerprint density at radius 1 is 1.03 bits per heavy atom. The van der Waals surface area contributed by atoms with Gasteiger partial charge in [0.05, 0.1) is 5.71 Å². The highest BCUT2D eigenvalue weighted by Gasteiger charge is 2.58. The van der Waals surface area contributed by atoms with Crippen molar-refractivity contribution in [2.75, 3.05) is 0 Å². The van der Waals surface area contributed by atoms with Crippen LogP contribution in [0.5, 0.6) is 0 Å². The fraction of sp³-hybridized carbons (Fsp3) is 0.714. The molecule has 0 aromatic heterocycles. The van der Waals surface area contributed by atoms with Crippen molar-refractivity contribution in [2.45, 2.75) is 65.2 Å². The Balaban J connectivity index is 1.57. The van der Waals surface area contributed by atoms with Crippen LogP contribution in [0.1, 0.15) is 65.2 Å². The molecule has 3 fully saturated rings. The minimum Gasteiger partial charge on any atom is -0.375 e. The van der Waals surface area contributed by atoms with Crippen molar-refractivity contribution in [2.24, 2.45) is 50.3 Å². The van der Waals surface area contributed by atoms with E-state index in [1.807, 2.05) is 0 Å². The van der Waals surface area contributed by atoms with E-state index in [2.05, 4.69) is 41.0 Å². The Morgan fingerprint density at radius 3 is 2.52 bits per heavy atom. The maximum atomic E-state index is 11.0. The summed E-state index contributed by atoms with van der Waals surface area (Å²) in [7, 11) is 0. The first-order chi connectivity index (χ1) is 13.7. The molecule has 8 heteroatoms. The lowest BCUT2D eigenvalue weighted by Crippen LogP contribution is -2.50. The molecule has 4 aliphatic rings. The first-order valence-corrected chi connectivity index (χ1v) is 11.1. The second-order valence-electron chi connectivity index (χ2n) is 9.61. The second-order valence-corrected chi connectivity index (χ2v) is 10.1. The lowest BCUT2D eigenvalue weighted by molar-refractivity contribution is -0.0155. The van der Waals surface area contributed by atoms with Crippen molar-refractivity contribution in [3.8, 4) is 0 Å². The number of thiocarbonyl (C=S) groups is 1. The third kappa shape index (κ3) is 3.45. The number of hydrogen-bond acceptors (Lipinski definition) is 4. The quantitative estimate of drug-likeness (QED) is 0.408. The molecule has 0 saturated heterocycles. The molecule has 0 unspecified atom stereocenters. The van der Waals surface area contributed by atoms with E-state index in [4.69, 9.17) is 23.7 Å². The zero-order valence-electron chi connectivity index (χ0n) is 17.3. The summed E-state index contributed by atoms with van der Waals surface area (Å²) in [6, 6.07) is -0.608. The normalized spacial score (nSPS) is 41.2. The molecule has 4 aliphatic carbocycles. The van der Waals surface area contributed by atoms with Gasteiger partial charge >= 0.3 is 6.03 Å². The van der Waals surface area contributed by atoms with Gasteiger partial charge in [-0.3, -0.25) is 5.43 Å². The van der Waals surface area contributed by atoms with Gasteiger partial charge in [0, 0.05) is 11.1 Å². The summed E-state index contributed by atoms with van der Waals surface area (Å²) >= 11 is 4.94. The van der Waals surface area contributed by atoms with Crippen LogP contribution in [-0.2, 0) is 0 Å². The second kappa shape index (κ2) is 7.38. The summed E-state index contributed by atoms with van der Waals surface area (Å²) in [6.07, 6.45) is 11.2. The van der Waals surface area contributed by atoms with Crippen molar-refractivity contribution in [1.82, 2.24) is 10.9 Å². The lowest BCUT2D eigenvalue weighted by atomic mass is 9.47. The predicted molar refractivity (Wildman–Crippen MR) is 119 cm³/mol. The van der Waals surface area contributed by atoms with E-state index >= 15 is 0 Å². The van der Waals surface area contributed by atoms with Crippen LogP contribution in [0.25, 0.3) is 0 Å². The van der Waals surface area contributed by atoms with Crippen LogP contribution in [0, 0.1) is 28.6 Å². The molecule has 158 valence electrons. The minimum atomic E-state index is -0.608. The Labute approximate surface area is 177 Å². The number of nitrogens with two attached hydrogens (primary N) is 2. The number of carbonyl (C=O) groups excluding carboxylic acids is 1. The molecule has 0 aliphatic heterocycles. The van der Waals surface area contributed by atoms with Crippen LogP contribution >= 0.6 is 12.2 Å². The van der Waals surface area contributed by atoms with Gasteiger partial charge in [-0.2, -0.15) is 10.2 Å². The van der Waals surface area contributed by atoms with Crippen LogP contribution in [0.2, 0.25) is 0 Å². The van der Waals surface area contributed by atoms with Crippen LogP contribution in [0.4, 0.5) is 4.79 Å². The maximum Gasteiger partial charge on any atom is 0.332 e. The van der Waals surface area contributed by atoms with Crippen LogP contribution < -0.4 is 22.3 Å². The number of hydrazone groups is 2. The first kappa shape index (κ1) is 20.3. The van der Waals surface area contributed by atoms with Crippen LogP contribution in [0.3, 0.4) is 0 Å². The Kier molecular flexibility index (Phi) is 5.17. The Morgan fingerprint density at radius 2 is 1.79 bits per heavy atom. The van der Waals surface area contributed by atoms with Gasteiger partial charge in [0.25, 0.3) is 0 Å². The highest BCUT2D eigenvalue weighted by atomic mass is 32.1. The average Bonchev–Trinajstić information content (AvgIpc) is 3.01. The van der Waals surface area contributed by atoms with Crippen molar-refractivity contribution in [1.29, 1.82) is 0 Å². The predicted octanol–water partition coefficient (Wildman–Crippen LogP) is 3.16. The van der Waals surface area contributed by atoms with E-state index in [-0.39, 0.29) is 15.9 Å². The molecule has 0 aromatic rings. The standard InChI is InChI=1S/C21H32N6OS/c1-20-9-7-13(24-26-18(22)28)11-12(20)3-4-14-15-5-6-17(25-27-19(23)29)21(15,2)10-8-16(14)20/h11,14-16H,3-10H2,1-2H3,(H3,22,26,28)(H3,23,27,29)/b24-13-,25-17+/t14-,15-,16+,20+,21+/m1/s1. The minimum absolute atomic E-state index is 0.156. The van der Waals surface area contributed by atoms with E-state index in [0.29, 0.717) is 11.8 Å². The topological polar surface area (TPSA) is 118 Å². The molecule has 2 amide bonds. The number of hydrogen-bond donors (Lipinski definition) is 4. The summed E-state index contributed by atoms with van der Waals surface area (Å²) < 4.78 is 0. The number of nitrogens with zero attached hydrogens (tertiary/aromatic N) is 2. The van der Waals surface area contributed by atoms with Gasteiger partial charge in [-0.15, -0.1) is 0 Å². The molecule has 0 aromatic carbocycles. The summed E-state index contributed by atoms with van der Waals surface area (Å²) in [5.41, 5.74) is 20.0. The fourth-order valence-corrected chi connectivity index (χ4v) is 6.93. The molecule has 3 saturated carbocycles. The van der Waals surface area contributed by atoms with E-state index in [1.54, 1.807) is 0 Å². The fourth-order valence-electron chi connectivity index (χ4n) is 6.88. The summed E-state index contributed by atoms with van der Waals surface area (Å²) in [6.45, 7) is 4.85. The van der Waals surface area contributed by atoms with Gasteiger partial charge in [-0.25, -0.2) is 10.2 Å². The van der Waals surface area contributed by atoms with Gasteiger partial charge in [-0.05, 0) is 92.8 Å². The molecule has 0 bridgehead atoms. The number of carbonyl (C=O) groups is 1. The molecular formula is C21H32N6OS. The molecule has 0 radical (unpaired) electrons. The number of amides is 2. The molecule has 0 spiro atoms. The first-order valence-electron chi connectivity index (χ1n) is 10.7. The molecule has 7 nitrogen and oxygen atoms in total. The van der Waals surface area contributed by atoms with Gasteiger partial charge in [0.15, 0.2) is 5.11 Å². The Hall–Kier alpha value is -1.96. The van der Waals surface area contributed by atoms with Crippen molar-refractivity contribution in [3.63, 3.8) is 0 Å². The lowest BCUT2D eigenvalue weighted by Gasteiger charge is -2.57. The third-order valence-electron chi connectivity index (χ3n) is 8.33. The zero-order valence-corrected chi connectivity index (χ0v) is 18.1.